The first-order valence-electron chi connectivity index (χ1n) is 9.01. The second kappa shape index (κ2) is 8.60. The number of anilines is 1. The summed E-state index contributed by atoms with van der Waals surface area (Å²) < 4.78 is 50.7. The van der Waals surface area contributed by atoms with E-state index in [0.29, 0.717) is 13.1 Å². The highest BCUT2D eigenvalue weighted by Gasteiger charge is 2.30. The van der Waals surface area contributed by atoms with Crippen molar-refractivity contribution < 1.29 is 22.4 Å². The summed E-state index contributed by atoms with van der Waals surface area (Å²) in [6.07, 6.45) is -4.41. The number of piperazine rings is 1. The van der Waals surface area contributed by atoms with Crippen LogP contribution in [0.25, 0.3) is 0 Å². The summed E-state index contributed by atoms with van der Waals surface area (Å²) in [7, 11) is 0. The Bertz CT molecular complexity index is 783. The molecule has 0 unspecified atom stereocenters. The zero-order chi connectivity index (χ0) is 20.1. The number of nitrogens with zero attached hydrogens (tertiary/aromatic N) is 2. The Labute approximate surface area is 160 Å². The zero-order valence-electron chi connectivity index (χ0n) is 15.2. The maximum Gasteiger partial charge on any atom is 0.416 e. The largest absolute Gasteiger partial charge is 0.416 e. The van der Waals surface area contributed by atoms with Gasteiger partial charge in [-0.25, -0.2) is 4.39 Å². The summed E-state index contributed by atoms with van der Waals surface area (Å²) in [5.41, 5.74) is 0.411. The molecule has 1 fully saturated rings. The zero-order valence-corrected chi connectivity index (χ0v) is 15.2. The highest BCUT2D eigenvalue weighted by Crippen LogP contribution is 2.29. The summed E-state index contributed by atoms with van der Waals surface area (Å²) in [5.74, 6) is -0.648. The van der Waals surface area contributed by atoms with Crippen LogP contribution in [0.4, 0.5) is 23.2 Å². The molecule has 1 heterocycles. The van der Waals surface area contributed by atoms with E-state index in [1.807, 2.05) is 0 Å². The number of carbonyl (C=O) groups excluding carboxylic acids is 1. The SMILES string of the molecule is O=C(NCCN1CCN(c2ccc(F)cc2)CC1)c1ccc(C(F)(F)F)cc1. The van der Waals surface area contributed by atoms with Crippen molar-refractivity contribution in [2.45, 2.75) is 6.18 Å². The molecular formula is C20H21F4N3O. The van der Waals surface area contributed by atoms with E-state index in [1.54, 1.807) is 12.1 Å². The average Bonchev–Trinajstić information content (AvgIpc) is 2.68. The molecule has 1 saturated heterocycles. The molecular weight excluding hydrogens is 374 g/mol. The van der Waals surface area contributed by atoms with E-state index in [9.17, 15) is 22.4 Å². The predicted octanol–water partition coefficient (Wildman–Crippen LogP) is 3.40. The Kier molecular flexibility index (Phi) is 6.18. The maximum atomic E-state index is 13.0. The smallest absolute Gasteiger partial charge is 0.369 e. The lowest BCUT2D eigenvalue weighted by molar-refractivity contribution is -0.137. The molecule has 0 atom stereocenters. The van der Waals surface area contributed by atoms with Crippen LogP contribution in [0, 0.1) is 5.82 Å². The van der Waals surface area contributed by atoms with Crippen LogP contribution >= 0.6 is 0 Å². The van der Waals surface area contributed by atoms with E-state index in [1.165, 1.54) is 24.3 Å². The molecule has 0 radical (unpaired) electrons. The Hall–Kier alpha value is -2.61. The third kappa shape index (κ3) is 5.22. The van der Waals surface area contributed by atoms with Gasteiger partial charge < -0.3 is 10.2 Å². The van der Waals surface area contributed by atoms with Gasteiger partial charge in [0.25, 0.3) is 5.91 Å². The monoisotopic (exact) mass is 395 g/mol. The third-order valence-corrected chi connectivity index (χ3v) is 4.75. The number of alkyl halides is 3. The van der Waals surface area contributed by atoms with E-state index < -0.39 is 17.6 Å². The Morgan fingerprint density at radius 3 is 2.11 bits per heavy atom. The molecule has 4 nitrogen and oxygen atoms in total. The molecule has 1 aliphatic heterocycles. The first-order chi connectivity index (χ1) is 13.3. The van der Waals surface area contributed by atoms with Crippen LogP contribution in [0.15, 0.2) is 48.5 Å². The number of rotatable bonds is 5. The van der Waals surface area contributed by atoms with Gasteiger partial charge in [0.1, 0.15) is 5.82 Å². The van der Waals surface area contributed by atoms with Gasteiger partial charge in [-0.2, -0.15) is 13.2 Å². The molecule has 28 heavy (non-hydrogen) atoms. The number of carbonyl (C=O) groups is 1. The fraction of sp³-hybridized carbons (Fsp3) is 0.350. The van der Waals surface area contributed by atoms with Crippen molar-refractivity contribution >= 4 is 11.6 Å². The van der Waals surface area contributed by atoms with Crippen LogP contribution in [0.3, 0.4) is 0 Å². The van der Waals surface area contributed by atoms with Crippen LogP contribution < -0.4 is 10.2 Å². The van der Waals surface area contributed by atoms with Crippen LogP contribution in [0.2, 0.25) is 0 Å². The van der Waals surface area contributed by atoms with Crippen molar-refractivity contribution in [3.8, 4) is 0 Å². The number of nitrogens with one attached hydrogen (secondary N) is 1. The predicted molar refractivity (Wildman–Crippen MR) is 98.8 cm³/mol. The average molecular weight is 395 g/mol. The van der Waals surface area contributed by atoms with Crippen molar-refractivity contribution in [2.75, 3.05) is 44.2 Å². The van der Waals surface area contributed by atoms with Crippen molar-refractivity contribution in [3.05, 3.63) is 65.5 Å². The van der Waals surface area contributed by atoms with Gasteiger partial charge in [-0.15, -0.1) is 0 Å². The molecule has 2 aromatic rings. The lowest BCUT2D eigenvalue weighted by Gasteiger charge is -2.36. The van der Waals surface area contributed by atoms with Crippen molar-refractivity contribution in [3.63, 3.8) is 0 Å². The summed E-state index contributed by atoms with van der Waals surface area (Å²) in [6.45, 7) is 4.30. The van der Waals surface area contributed by atoms with Crippen LogP contribution in [0.1, 0.15) is 15.9 Å². The van der Waals surface area contributed by atoms with Gasteiger partial charge in [0.2, 0.25) is 0 Å². The topological polar surface area (TPSA) is 35.6 Å². The summed E-state index contributed by atoms with van der Waals surface area (Å²) in [6, 6.07) is 10.6. The molecule has 2 aromatic carbocycles. The first-order valence-corrected chi connectivity index (χ1v) is 9.01. The first kappa shape index (κ1) is 20.1. The molecule has 1 N–H and O–H groups in total. The summed E-state index contributed by atoms with van der Waals surface area (Å²) in [4.78, 5) is 16.4. The molecule has 1 amide bonds. The minimum absolute atomic E-state index is 0.203. The number of hydrogen-bond donors (Lipinski definition) is 1. The number of amides is 1. The number of halogens is 4. The standard InChI is InChI=1S/C20H21F4N3O/c21-17-5-7-18(8-6-17)27-13-11-26(12-14-27)10-9-25-19(28)15-1-3-16(4-2-15)20(22,23)24/h1-8H,9-14H2,(H,25,28). The summed E-state index contributed by atoms with van der Waals surface area (Å²) >= 11 is 0. The molecule has 8 heteroatoms. The quantitative estimate of drug-likeness (QED) is 0.789. The second-order valence-corrected chi connectivity index (χ2v) is 6.64. The molecule has 1 aliphatic rings. The summed E-state index contributed by atoms with van der Waals surface area (Å²) in [5, 5.41) is 2.74. The van der Waals surface area contributed by atoms with E-state index in [0.717, 1.165) is 44.0 Å². The van der Waals surface area contributed by atoms with Crippen LogP contribution in [-0.2, 0) is 6.18 Å². The minimum Gasteiger partial charge on any atom is -0.369 e. The fourth-order valence-electron chi connectivity index (χ4n) is 3.12. The lowest BCUT2D eigenvalue weighted by Crippen LogP contribution is -2.48. The molecule has 0 bridgehead atoms. The van der Waals surface area contributed by atoms with Gasteiger partial charge in [-0.05, 0) is 48.5 Å². The van der Waals surface area contributed by atoms with Crippen molar-refractivity contribution in [1.82, 2.24) is 10.2 Å². The van der Waals surface area contributed by atoms with Gasteiger partial charge in [-0.1, -0.05) is 0 Å². The minimum atomic E-state index is -4.41. The molecule has 3 rings (SSSR count). The van der Waals surface area contributed by atoms with Gasteiger partial charge in [0.15, 0.2) is 0 Å². The Balaban J connectivity index is 1.41. The Morgan fingerprint density at radius 1 is 0.929 bits per heavy atom. The molecule has 0 aliphatic carbocycles. The van der Waals surface area contributed by atoms with Gasteiger partial charge in [-0.3, -0.25) is 9.69 Å². The van der Waals surface area contributed by atoms with Gasteiger partial charge >= 0.3 is 6.18 Å². The van der Waals surface area contributed by atoms with Crippen LogP contribution in [0.5, 0.6) is 0 Å². The number of benzene rings is 2. The third-order valence-electron chi connectivity index (χ3n) is 4.75. The maximum absolute atomic E-state index is 13.0. The van der Waals surface area contributed by atoms with Crippen molar-refractivity contribution in [1.29, 1.82) is 0 Å². The van der Waals surface area contributed by atoms with E-state index >= 15 is 0 Å². The highest BCUT2D eigenvalue weighted by atomic mass is 19.4. The van der Waals surface area contributed by atoms with E-state index in [4.69, 9.17) is 0 Å². The van der Waals surface area contributed by atoms with Crippen LogP contribution in [-0.4, -0.2) is 50.1 Å². The number of hydrogen-bond acceptors (Lipinski definition) is 3. The second-order valence-electron chi connectivity index (χ2n) is 6.64. The Morgan fingerprint density at radius 2 is 1.54 bits per heavy atom. The van der Waals surface area contributed by atoms with Gasteiger partial charge in [0, 0.05) is 50.5 Å². The normalized spacial score (nSPS) is 15.5. The lowest BCUT2D eigenvalue weighted by atomic mass is 10.1. The highest BCUT2D eigenvalue weighted by molar-refractivity contribution is 5.94. The van der Waals surface area contributed by atoms with E-state index in [2.05, 4.69) is 15.1 Å². The fourth-order valence-corrected chi connectivity index (χ4v) is 3.12. The van der Waals surface area contributed by atoms with Crippen molar-refractivity contribution in [2.24, 2.45) is 0 Å². The molecule has 150 valence electrons. The molecule has 0 spiro atoms. The van der Waals surface area contributed by atoms with E-state index in [-0.39, 0.29) is 11.4 Å². The molecule has 0 saturated carbocycles. The van der Waals surface area contributed by atoms with Gasteiger partial charge in [0.05, 0.1) is 5.56 Å². The molecule has 0 aromatic heterocycles.